The molecule has 6 saturated carbocycles. The Balaban J connectivity index is 1.33. The number of hydrogen-bond donors (Lipinski definition) is 0. The molecule has 16 heavy (non-hydrogen) atoms. The highest BCUT2D eigenvalue weighted by Crippen LogP contribution is 3.06. The van der Waals surface area contributed by atoms with Crippen molar-refractivity contribution in [3.63, 3.8) is 0 Å². The van der Waals surface area contributed by atoms with Crippen LogP contribution in [0.15, 0.2) is 0 Å². The summed E-state index contributed by atoms with van der Waals surface area (Å²) in [5.74, 6) is 7.30. The van der Waals surface area contributed by atoms with Gasteiger partial charge in [0.1, 0.15) is 5.60 Å². The molecule has 86 valence electrons. The van der Waals surface area contributed by atoms with Crippen molar-refractivity contribution >= 4 is 5.97 Å². The Labute approximate surface area is 95.7 Å². The maximum Gasteiger partial charge on any atom is 0.306 e. The maximum atomic E-state index is 11.9. The summed E-state index contributed by atoms with van der Waals surface area (Å²) in [5.41, 5.74) is 0.174. The molecule has 0 N–H and O–H groups in total. The van der Waals surface area contributed by atoms with Gasteiger partial charge in [0, 0.05) is 0 Å². The van der Waals surface area contributed by atoms with E-state index in [-0.39, 0.29) is 11.6 Å². The van der Waals surface area contributed by atoms with Gasteiger partial charge < -0.3 is 4.74 Å². The fourth-order valence-corrected chi connectivity index (χ4v) is 6.65. The highest BCUT2D eigenvalue weighted by Gasteiger charge is 3.04. The third kappa shape index (κ3) is 0.520. The van der Waals surface area contributed by atoms with Crippen LogP contribution in [0.2, 0.25) is 0 Å². The summed E-state index contributed by atoms with van der Waals surface area (Å²) in [6.07, 6.45) is 0.737. The molecular formula is C14H18O2. The predicted molar refractivity (Wildman–Crippen MR) is 57.3 cm³/mol. The maximum absolute atomic E-state index is 11.9. The van der Waals surface area contributed by atoms with Crippen molar-refractivity contribution in [2.45, 2.75) is 32.8 Å². The smallest absolute Gasteiger partial charge is 0.306 e. The molecule has 6 aliphatic rings. The third-order valence-electron chi connectivity index (χ3n) is 6.55. The van der Waals surface area contributed by atoms with Crippen molar-refractivity contribution < 1.29 is 9.53 Å². The molecule has 0 bridgehead atoms. The molecule has 0 atom stereocenters. The molecule has 0 amide bonds. The van der Waals surface area contributed by atoms with Gasteiger partial charge in [-0.2, -0.15) is 0 Å². The number of esters is 1. The second-order valence-corrected chi connectivity index (χ2v) is 7.76. The molecule has 6 rings (SSSR count). The summed E-state index contributed by atoms with van der Waals surface area (Å²) in [4.78, 5) is 11.9. The molecule has 6 aliphatic carbocycles. The van der Waals surface area contributed by atoms with Gasteiger partial charge >= 0.3 is 5.97 Å². The van der Waals surface area contributed by atoms with Gasteiger partial charge in [0.05, 0.1) is 6.42 Å². The van der Waals surface area contributed by atoms with Crippen LogP contribution in [0.25, 0.3) is 0 Å². The second kappa shape index (κ2) is 1.87. The lowest BCUT2D eigenvalue weighted by atomic mass is 8.96. The Kier molecular flexibility index (Phi) is 0.999. The minimum absolute atomic E-state index is 0.0585. The van der Waals surface area contributed by atoms with E-state index < -0.39 is 0 Å². The lowest BCUT2D eigenvalue weighted by Gasteiger charge is -3.07. The first-order valence-electron chi connectivity index (χ1n) is 6.69. The first-order chi connectivity index (χ1) is 7.47. The van der Waals surface area contributed by atoms with Crippen molar-refractivity contribution in [2.24, 2.45) is 46.8 Å². The van der Waals surface area contributed by atoms with Crippen LogP contribution in [-0.4, -0.2) is 11.6 Å². The standard InChI is InChI=1S/C14H18O2/c1-13(2,3)16-5(15)4-14-10-7-6-8(10)12(14)9(6)11(7)14/h6-12H,4H2,1-3H3. The first kappa shape index (κ1) is 8.54. The van der Waals surface area contributed by atoms with Crippen LogP contribution < -0.4 is 0 Å². The predicted octanol–water partition coefficient (Wildman–Crippen LogP) is 2.09. The van der Waals surface area contributed by atoms with Gasteiger partial charge in [-0.15, -0.1) is 0 Å². The summed E-state index contributed by atoms with van der Waals surface area (Å²) in [6, 6.07) is 0. The van der Waals surface area contributed by atoms with Gasteiger partial charge in [-0.25, -0.2) is 0 Å². The fourth-order valence-electron chi connectivity index (χ4n) is 6.65. The van der Waals surface area contributed by atoms with Gasteiger partial charge in [-0.05, 0) is 67.6 Å². The normalized spacial score (nSPS) is 65.3. The Morgan fingerprint density at radius 3 is 2.00 bits per heavy atom. The largest absolute Gasteiger partial charge is 0.460 e. The van der Waals surface area contributed by atoms with E-state index in [4.69, 9.17) is 4.74 Å². The van der Waals surface area contributed by atoms with Crippen LogP contribution in [0.1, 0.15) is 27.2 Å². The van der Waals surface area contributed by atoms with E-state index >= 15 is 0 Å². The molecule has 0 saturated heterocycles. The van der Waals surface area contributed by atoms with E-state index in [1.807, 2.05) is 20.8 Å². The van der Waals surface area contributed by atoms with Crippen molar-refractivity contribution in [2.75, 3.05) is 0 Å². The number of carbonyl (C=O) groups is 1. The van der Waals surface area contributed by atoms with E-state index in [2.05, 4.69) is 0 Å². The van der Waals surface area contributed by atoms with Crippen LogP contribution in [0.4, 0.5) is 0 Å². The molecule has 0 aromatic carbocycles. The highest BCUT2D eigenvalue weighted by molar-refractivity contribution is 5.73. The van der Waals surface area contributed by atoms with E-state index in [0.29, 0.717) is 5.41 Å². The zero-order valence-corrected chi connectivity index (χ0v) is 10.1. The summed E-state index contributed by atoms with van der Waals surface area (Å²) >= 11 is 0. The lowest BCUT2D eigenvalue weighted by molar-refractivity contribution is -0.613. The molecule has 2 heteroatoms. The quantitative estimate of drug-likeness (QED) is 0.663. The molecule has 0 heterocycles. The van der Waals surface area contributed by atoms with Gasteiger partial charge in [0.15, 0.2) is 0 Å². The van der Waals surface area contributed by atoms with Gasteiger partial charge in [-0.1, -0.05) is 0 Å². The second-order valence-electron chi connectivity index (χ2n) is 7.76. The zero-order chi connectivity index (χ0) is 11.0. The summed E-state index contributed by atoms with van der Waals surface area (Å²) in [6.45, 7) is 5.89. The number of ether oxygens (including phenoxy) is 1. The Bertz CT molecular complexity index is 380. The van der Waals surface area contributed by atoms with Crippen molar-refractivity contribution in [3.05, 3.63) is 0 Å². The average molecular weight is 218 g/mol. The van der Waals surface area contributed by atoms with Crippen LogP contribution in [-0.2, 0) is 9.53 Å². The first-order valence-corrected chi connectivity index (χ1v) is 6.69. The summed E-state index contributed by atoms with van der Waals surface area (Å²) in [5, 5.41) is 0. The van der Waals surface area contributed by atoms with Crippen molar-refractivity contribution in [1.29, 1.82) is 0 Å². The highest BCUT2D eigenvalue weighted by atomic mass is 16.6. The number of rotatable bonds is 2. The fraction of sp³-hybridized carbons (Fsp3) is 0.929. The Morgan fingerprint density at radius 2 is 1.56 bits per heavy atom. The topological polar surface area (TPSA) is 26.3 Å². The SMILES string of the molecule is CC(C)(C)OC(=O)CC12C3C4C5C3C1C5C42. The molecule has 0 aromatic rings. The molecule has 0 aromatic heterocycles. The van der Waals surface area contributed by atoms with Crippen LogP contribution in [0.3, 0.4) is 0 Å². The van der Waals surface area contributed by atoms with Gasteiger partial charge in [0.25, 0.3) is 0 Å². The monoisotopic (exact) mass is 218 g/mol. The molecule has 0 unspecified atom stereocenters. The van der Waals surface area contributed by atoms with Crippen LogP contribution in [0, 0.1) is 46.8 Å². The van der Waals surface area contributed by atoms with Crippen molar-refractivity contribution in [1.82, 2.24) is 0 Å². The van der Waals surface area contributed by atoms with E-state index in [9.17, 15) is 4.79 Å². The van der Waals surface area contributed by atoms with Crippen molar-refractivity contribution in [3.8, 4) is 0 Å². The molecule has 6 fully saturated rings. The zero-order valence-electron chi connectivity index (χ0n) is 10.1. The number of hydrogen-bond acceptors (Lipinski definition) is 2. The molecule has 0 aliphatic heterocycles. The van der Waals surface area contributed by atoms with E-state index in [1.165, 1.54) is 0 Å². The minimum atomic E-state index is -0.310. The molecule has 2 nitrogen and oxygen atoms in total. The number of carbonyl (C=O) groups excluding carboxylic acids is 1. The van der Waals surface area contributed by atoms with Crippen LogP contribution in [0.5, 0.6) is 0 Å². The summed E-state index contributed by atoms with van der Waals surface area (Å²) < 4.78 is 5.48. The molecule has 0 radical (unpaired) electrons. The Morgan fingerprint density at radius 1 is 1.06 bits per heavy atom. The molecule has 0 spiro atoms. The lowest BCUT2D eigenvalue weighted by Crippen LogP contribution is -3.05. The van der Waals surface area contributed by atoms with E-state index in [1.54, 1.807) is 0 Å². The van der Waals surface area contributed by atoms with E-state index in [0.717, 1.165) is 47.8 Å². The van der Waals surface area contributed by atoms with Gasteiger partial charge in [0.2, 0.25) is 0 Å². The Hall–Kier alpha value is -0.530. The summed E-state index contributed by atoms with van der Waals surface area (Å²) in [7, 11) is 0. The minimum Gasteiger partial charge on any atom is -0.460 e. The third-order valence-corrected chi connectivity index (χ3v) is 6.55. The molecular weight excluding hydrogens is 200 g/mol. The van der Waals surface area contributed by atoms with Gasteiger partial charge in [-0.3, -0.25) is 4.79 Å². The average Bonchev–Trinajstić information content (AvgIpc) is 2.15. The van der Waals surface area contributed by atoms with Crippen LogP contribution >= 0.6 is 0 Å².